The predicted molar refractivity (Wildman–Crippen MR) is 199 cm³/mol. The van der Waals surface area contributed by atoms with Gasteiger partial charge in [-0.3, -0.25) is 24.6 Å². The van der Waals surface area contributed by atoms with E-state index in [4.69, 9.17) is 4.99 Å². The number of aliphatic hydroxyl groups excluding tert-OH is 1. The number of aliphatic imine (C=N–C) groups is 4. The number of hydrogen-bond acceptors (Lipinski definition) is 7. The highest BCUT2D eigenvalue weighted by molar-refractivity contribution is 6.17. The number of nitrogens with one attached hydrogen (secondary N) is 3. The van der Waals surface area contributed by atoms with E-state index in [1.807, 2.05) is 81.5 Å². The maximum absolute atomic E-state index is 13.8. The molecular formula is C38H43N9O3. The molecule has 0 saturated carbocycles. The number of anilines is 2. The molecule has 0 aromatic heterocycles. The molecule has 4 aliphatic rings. The summed E-state index contributed by atoms with van der Waals surface area (Å²) >= 11 is 0. The Morgan fingerprint density at radius 3 is 2.62 bits per heavy atom. The number of allylic oxidation sites excluding steroid dienone is 3. The van der Waals surface area contributed by atoms with Gasteiger partial charge in [0.1, 0.15) is 18.1 Å². The molecule has 6 rings (SSSR count). The zero-order valence-electron chi connectivity index (χ0n) is 29.1. The lowest BCUT2D eigenvalue weighted by atomic mass is 9.88. The molecule has 3 aliphatic heterocycles. The summed E-state index contributed by atoms with van der Waals surface area (Å²) in [6.45, 7) is 11.6. The van der Waals surface area contributed by atoms with Crippen molar-refractivity contribution in [3.05, 3.63) is 106 Å². The highest BCUT2D eigenvalue weighted by Crippen LogP contribution is 2.33. The second-order valence-electron chi connectivity index (χ2n) is 13.0. The van der Waals surface area contributed by atoms with Gasteiger partial charge in [-0.05, 0) is 76.9 Å². The zero-order chi connectivity index (χ0) is 35.5. The summed E-state index contributed by atoms with van der Waals surface area (Å²) in [6, 6.07) is 14.7. The van der Waals surface area contributed by atoms with Crippen molar-refractivity contribution >= 4 is 47.4 Å². The van der Waals surface area contributed by atoms with Crippen LogP contribution in [0.3, 0.4) is 0 Å². The molecule has 2 aromatic rings. The summed E-state index contributed by atoms with van der Waals surface area (Å²) in [4.78, 5) is 47.7. The summed E-state index contributed by atoms with van der Waals surface area (Å²) in [5.74, 6) is 0.260. The second kappa shape index (κ2) is 14.5. The zero-order valence-corrected chi connectivity index (χ0v) is 29.1. The van der Waals surface area contributed by atoms with Crippen molar-refractivity contribution < 1.29 is 14.7 Å². The van der Waals surface area contributed by atoms with Gasteiger partial charge >= 0.3 is 6.03 Å². The molecule has 3 atom stereocenters. The van der Waals surface area contributed by atoms with Crippen LogP contribution in [0.2, 0.25) is 0 Å². The van der Waals surface area contributed by atoms with Crippen molar-refractivity contribution in [2.24, 2.45) is 25.9 Å². The molecule has 1 aliphatic carbocycles. The lowest BCUT2D eigenvalue weighted by Crippen LogP contribution is -2.46. The minimum Gasteiger partial charge on any atom is -0.373 e. The number of carbonyl (C=O) groups excluding carboxylic acids is 2. The first-order valence-electron chi connectivity index (χ1n) is 16.7. The molecule has 2 aromatic carbocycles. The summed E-state index contributed by atoms with van der Waals surface area (Å²) < 4.78 is 0. The van der Waals surface area contributed by atoms with Crippen LogP contribution in [-0.2, 0) is 4.79 Å². The van der Waals surface area contributed by atoms with Crippen molar-refractivity contribution in [1.29, 1.82) is 0 Å². The molecule has 0 spiro atoms. The van der Waals surface area contributed by atoms with E-state index in [2.05, 4.69) is 37.6 Å². The number of aliphatic hydroxyl groups is 1. The van der Waals surface area contributed by atoms with Crippen LogP contribution in [0.1, 0.15) is 51.2 Å². The van der Waals surface area contributed by atoms with E-state index in [1.165, 1.54) is 4.90 Å². The SMILES string of the molecule is C=NC(=NC1=C(C)CN(c2cc(NC(O)C3C=C4NC(=O)[C@H](C)N=C(c5ccccc5)C4=CC3)ccc2C)C(=O)N1C)NC1=CN=C(C)CC1. The Morgan fingerprint density at radius 2 is 1.90 bits per heavy atom. The first-order valence-corrected chi connectivity index (χ1v) is 16.7. The van der Waals surface area contributed by atoms with Gasteiger partial charge in [0.2, 0.25) is 11.9 Å². The van der Waals surface area contributed by atoms with E-state index in [0.717, 1.165) is 52.2 Å². The number of rotatable bonds is 7. The van der Waals surface area contributed by atoms with Crippen LogP contribution in [0.15, 0.2) is 115 Å². The molecule has 2 unspecified atom stereocenters. The van der Waals surface area contributed by atoms with Crippen molar-refractivity contribution in [1.82, 2.24) is 15.5 Å². The number of nitrogens with zero attached hydrogens (tertiary/aromatic N) is 6. The van der Waals surface area contributed by atoms with Crippen molar-refractivity contribution in [3.8, 4) is 0 Å². The van der Waals surface area contributed by atoms with Gasteiger partial charge in [0.05, 0.1) is 17.9 Å². The van der Waals surface area contributed by atoms with E-state index < -0.39 is 12.3 Å². The molecule has 0 fully saturated rings. The fourth-order valence-electron chi connectivity index (χ4n) is 6.31. The van der Waals surface area contributed by atoms with Crippen LogP contribution < -0.4 is 20.9 Å². The van der Waals surface area contributed by atoms with Crippen molar-refractivity contribution in [2.45, 2.75) is 59.2 Å². The second-order valence-corrected chi connectivity index (χ2v) is 13.0. The predicted octanol–water partition coefficient (Wildman–Crippen LogP) is 5.41. The van der Waals surface area contributed by atoms with Crippen LogP contribution in [0, 0.1) is 12.8 Å². The van der Waals surface area contributed by atoms with Crippen molar-refractivity contribution in [3.63, 3.8) is 0 Å². The standard InChI is InChI=1S/C38H43N9O3/c1-22-12-15-28(42-36(49)27-14-17-30-31(18-27)44-35(48)25(4)41-33(30)26-10-8-7-9-11-26)19-32(22)47-21-23(2)34(46(6)38(47)50)45-37(39-5)43-29-16-13-24(3)40-20-29/h7-12,15,17-20,25,27,36,42,49H,5,13-14,16,21H2,1-4,6H3,(H,43,45)(H,44,48)/t25-,27?,36?/m0/s1. The third-order valence-corrected chi connectivity index (χ3v) is 9.19. The van der Waals surface area contributed by atoms with Gasteiger partial charge in [0.15, 0.2) is 0 Å². The summed E-state index contributed by atoms with van der Waals surface area (Å²) in [7, 11) is 1.69. The quantitative estimate of drug-likeness (QED) is 0.176. The summed E-state index contributed by atoms with van der Waals surface area (Å²) in [5.41, 5.74) is 8.23. The molecule has 12 nitrogen and oxygen atoms in total. The van der Waals surface area contributed by atoms with Crippen LogP contribution in [0.5, 0.6) is 0 Å². The van der Waals surface area contributed by atoms with Crippen LogP contribution in [-0.4, -0.2) is 71.9 Å². The van der Waals surface area contributed by atoms with E-state index in [9.17, 15) is 14.7 Å². The number of fused-ring (bicyclic) bond motifs is 1. The Bertz CT molecular complexity index is 1940. The topological polar surface area (TPSA) is 146 Å². The maximum atomic E-state index is 13.8. The summed E-state index contributed by atoms with van der Waals surface area (Å²) in [6.07, 6.45) is 6.89. The molecule has 0 bridgehead atoms. The van der Waals surface area contributed by atoms with Crippen LogP contribution >= 0.6 is 0 Å². The molecule has 258 valence electrons. The van der Waals surface area contributed by atoms with Gasteiger partial charge in [0.25, 0.3) is 0 Å². The average molecular weight is 674 g/mol. The molecule has 0 saturated heterocycles. The van der Waals surface area contributed by atoms with Gasteiger partial charge < -0.3 is 21.1 Å². The van der Waals surface area contributed by atoms with Crippen LogP contribution in [0.4, 0.5) is 16.2 Å². The van der Waals surface area contributed by atoms with Gasteiger partial charge in [-0.25, -0.2) is 9.79 Å². The molecule has 3 amide bonds. The number of hydrogen-bond donors (Lipinski definition) is 4. The molecular weight excluding hydrogens is 630 g/mol. The molecule has 4 N–H and O–H groups in total. The molecule has 3 heterocycles. The van der Waals surface area contributed by atoms with Gasteiger partial charge in [-0.2, -0.15) is 4.99 Å². The summed E-state index contributed by atoms with van der Waals surface area (Å²) in [5, 5.41) is 20.8. The monoisotopic (exact) mass is 673 g/mol. The van der Waals surface area contributed by atoms with E-state index in [-0.39, 0.29) is 17.9 Å². The van der Waals surface area contributed by atoms with E-state index in [0.29, 0.717) is 41.8 Å². The number of aryl methyl sites for hydroxylation is 1. The normalized spacial score (nSPS) is 21.9. The average Bonchev–Trinajstić information content (AvgIpc) is 3.24. The molecule has 0 radical (unpaired) electrons. The Morgan fingerprint density at radius 1 is 1.12 bits per heavy atom. The minimum atomic E-state index is -0.973. The first kappa shape index (κ1) is 34.3. The van der Waals surface area contributed by atoms with Gasteiger partial charge in [0, 0.05) is 53.1 Å². The van der Waals surface area contributed by atoms with E-state index >= 15 is 0 Å². The lowest BCUT2D eigenvalue weighted by Gasteiger charge is -2.35. The molecule has 12 heteroatoms. The smallest absolute Gasteiger partial charge is 0.330 e. The van der Waals surface area contributed by atoms with Gasteiger partial charge in [-0.15, -0.1) is 0 Å². The number of carbonyl (C=O) groups is 2. The van der Waals surface area contributed by atoms with Crippen LogP contribution in [0.25, 0.3) is 0 Å². The Balaban J connectivity index is 1.19. The fraction of sp³-hybridized carbons (Fsp3) is 0.316. The van der Waals surface area contributed by atoms with E-state index in [1.54, 1.807) is 25.1 Å². The third-order valence-electron chi connectivity index (χ3n) is 9.19. The first-order chi connectivity index (χ1) is 24.0. The highest BCUT2D eigenvalue weighted by Gasteiger charge is 2.32. The Kier molecular flexibility index (Phi) is 9.91. The fourth-order valence-corrected chi connectivity index (χ4v) is 6.31. The number of amides is 3. The Labute approximate surface area is 292 Å². The third kappa shape index (κ3) is 7.20. The van der Waals surface area contributed by atoms with Gasteiger partial charge in [-0.1, -0.05) is 48.6 Å². The lowest BCUT2D eigenvalue weighted by molar-refractivity contribution is -0.121. The number of guanidine groups is 1. The highest BCUT2D eigenvalue weighted by atomic mass is 16.3. The minimum absolute atomic E-state index is 0.201. The number of benzene rings is 2. The molecule has 50 heavy (non-hydrogen) atoms. The maximum Gasteiger partial charge on any atom is 0.330 e. The number of urea groups is 1. The van der Waals surface area contributed by atoms with Crippen molar-refractivity contribution in [2.75, 3.05) is 23.8 Å². The Hall–Kier alpha value is -5.62. The largest absolute Gasteiger partial charge is 0.373 e.